The summed E-state index contributed by atoms with van der Waals surface area (Å²) in [5.41, 5.74) is 0.578. The van der Waals surface area contributed by atoms with Crippen molar-refractivity contribution in [3.8, 4) is 0 Å². The van der Waals surface area contributed by atoms with Crippen LogP contribution in [0.25, 0.3) is 0 Å². The molecule has 2 aromatic heterocycles. The second kappa shape index (κ2) is 4.58. The van der Waals surface area contributed by atoms with Gasteiger partial charge in [-0.1, -0.05) is 0 Å². The molecule has 0 radical (unpaired) electrons. The summed E-state index contributed by atoms with van der Waals surface area (Å²) in [6.07, 6.45) is 2.92. The Morgan fingerprint density at radius 3 is 2.76 bits per heavy atom. The fourth-order valence-corrected chi connectivity index (χ4v) is 2.08. The van der Waals surface area contributed by atoms with Gasteiger partial charge in [-0.2, -0.15) is 0 Å². The largest absolute Gasteiger partial charge is 0.478 e. The van der Waals surface area contributed by atoms with E-state index in [-0.39, 0.29) is 5.56 Å². The summed E-state index contributed by atoms with van der Waals surface area (Å²) in [5, 5.41) is 9.37. The molecule has 0 aliphatic rings. The molecule has 0 spiro atoms. The molecule has 2 aromatic rings. The number of furan rings is 1. The van der Waals surface area contributed by atoms with Gasteiger partial charge in [0.15, 0.2) is 5.16 Å². The first-order valence-corrected chi connectivity index (χ1v) is 5.68. The van der Waals surface area contributed by atoms with Crippen LogP contribution in [0, 0.1) is 13.8 Å². The highest BCUT2D eigenvalue weighted by molar-refractivity contribution is 7.99. The van der Waals surface area contributed by atoms with Gasteiger partial charge in [0.25, 0.3) is 0 Å². The third-order valence-corrected chi connectivity index (χ3v) is 3.22. The van der Waals surface area contributed by atoms with Crippen LogP contribution in [0.3, 0.4) is 0 Å². The molecule has 88 valence electrons. The Balaban J connectivity index is 2.27. The van der Waals surface area contributed by atoms with Gasteiger partial charge in [0.05, 0.1) is 22.4 Å². The molecule has 5 nitrogen and oxygen atoms in total. The van der Waals surface area contributed by atoms with Crippen molar-refractivity contribution in [2.24, 2.45) is 0 Å². The minimum atomic E-state index is -1.02. The molecule has 17 heavy (non-hydrogen) atoms. The van der Waals surface area contributed by atoms with E-state index in [1.54, 1.807) is 13.2 Å². The molecule has 0 bridgehead atoms. The minimum Gasteiger partial charge on any atom is -0.478 e. The van der Waals surface area contributed by atoms with Crippen LogP contribution >= 0.6 is 11.8 Å². The van der Waals surface area contributed by atoms with Gasteiger partial charge in [-0.15, -0.1) is 0 Å². The lowest BCUT2D eigenvalue weighted by molar-refractivity contribution is 0.0695. The highest BCUT2D eigenvalue weighted by Crippen LogP contribution is 2.28. The highest BCUT2D eigenvalue weighted by Gasteiger charge is 2.11. The fraction of sp³-hybridized carbons (Fsp3) is 0.182. The maximum absolute atomic E-state index is 10.8. The molecule has 0 aliphatic carbocycles. The normalized spacial score (nSPS) is 10.5. The van der Waals surface area contributed by atoms with Gasteiger partial charge in [0.1, 0.15) is 5.76 Å². The minimum absolute atomic E-state index is 0.123. The topological polar surface area (TPSA) is 76.2 Å². The standard InChI is InChI=1S/C11H10N2O3S/c1-6-8(10(14)15)5-12-11(13-6)17-9-3-4-16-7(9)2/h3-5H,1-2H3,(H,14,15). The van der Waals surface area contributed by atoms with E-state index >= 15 is 0 Å². The molecule has 1 N–H and O–H groups in total. The summed E-state index contributed by atoms with van der Waals surface area (Å²) in [5.74, 6) is -0.225. The van der Waals surface area contributed by atoms with Crippen LogP contribution in [0.1, 0.15) is 21.8 Å². The Bertz CT molecular complexity index is 566. The summed E-state index contributed by atoms with van der Waals surface area (Å²) >= 11 is 1.35. The molecular formula is C11H10N2O3S. The fourth-order valence-electron chi connectivity index (χ4n) is 1.28. The Morgan fingerprint density at radius 1 is 1.47 bits per heavy atom. The average Bonchev–Trinajstić information content (AvgIpc) is 2.64. The number of carbonyl (C=O) groups is 1. The molecule has 0 amide bonds. The van der Waals surface area contributed by atoms with Crippen LogP contribution < -0.4 is 0 Å². The molecule has 0 unspecified atom stereocenters. The molecule has 0 saturated heterocycles. The zero-order chi connectivity index (χ0) is 12.4. The number of hydrogen-bond acceptors (Lipinski definition) is 5. The van der Waals surface area contributed by atoms with Gasteiger partial charge < -0.3 is 9.52 Å². The molecule has 2 heterocycles. The number of hydrogen-bond donors (Lipinski definition) is 1. The summed E-state index contributed by atoms with van der Waals surface area (Å²) in [7, 11) is 0. The lowest BCUT2D eigenvalue weighted by atomic mass is 10.2. The van der Waals surface area contributed by atoms with E-state index in [1.807, 2.05) is 13.0 Å². The van der Waals surface area contributed by atoms with Gasteiger partial charge in [0, 0.05) is 6.20 Å². The first-order chi connectivity index (χ1) is 8.08. The van der Waals surface area contributed by atoms with Gasteiger partial charge >= 0.3 is 5.97 Å². The van der Waals surface area contributed by atoms with Crippen LogP contribution in [-0.2, 0) is 0 Å². The number of carboxylic acids is 1. The molecule has 0 aliphatic heterocycles. The van der Waals surface area contributed by atoms with Crippen LogP contribution in [0.2, 0.25) is 0 Å². The van der Waals surface area contributed by atoms with Gasteiger partial charge in [-0.05, 0) is 31.7 Å². The number of carboxylic acid groups (broad SMARTS) is 1. The maximum atomic E-state index is 10.8. The zero-order valence-corrected chi connectivity index (χ0v) is 10.1. The Labute approximate surface area is 102 Å². The summed E-state index contributed by atoms with van der Waals surface area (Å²) in [6.45, 7) is 3.50. The number of aromatic carboxylic acids is 1. The highest BCUT2D eigenvalue weighted by atomic mass is 32.2. The van der Waals surface area contributed by atoms with Crippen molar-refractivity contribution in [3.63, 3.8) is 0 Å². The second-order valence-electron chi connectivity index (χ2n) is 3.40. The van der Waals surface area contributed by atoms with E-state index in [4.69, 9.17) is 9.52 Å². The quantitative estimate of drug-likeness (QED) is 0.843. The Morgan fingerprint density at radius 2 is 2.24 bits per heavy atom. The van der Waals surface area contributed by atoms with Crippen molar-refractivity contribution < 1.29 is 14.3 Å². The van der Waals surface area contributed by atoms with E-state index < -0.39 is 5.97 Å². The summed E-state index contributed by atoms with van der Waals surface area (Å²) in [4.78, 5) is 19.9. The van der Waals surface area contributed by atoms with Crippen molar-refractivity contribution in [2.45, 2.75) is 23.9 Å². The molecule has 0 fully saturated rings. The van der Waals surface area contributed by atoms with Crippen molar-refractivity contribution >= 4 is 17.7 Å². The Hall–Kier alpha value is -1.82. The lowest BCUT2D eigenvalue weighted by Crippen LogP contribution is -2.03. The van der Waals surface area contributed by atoms with E-state index in [0.717, 1.165) is 10.7 Å². The van der Waals surface area contributed by atoms with Gasteiger partial charge in [-0.3, -0.25) is 0 Å². The smallest absolute Gasteiger partial charge is 0.339 e. The van der Waals surface area contributed by atoms with Gasteiger partial charge in [-0.25, -0.2) is 14.8 Å². The molecule has 0 saturated carbocycles. The number of aromatic nitrogens is 2. The number of rotatable bonds is 3. The zero-order valence-electron chi connectivity index (χ0n) is 9.30. The third-order valence-electron chi connectivity index (χ3n) is 2.20. The van der Waals surface area contributed by atoms with E-state index in [1.165, 1.54) is 18.0 Å². The monoisotopic (exact) mass is 250 g/mol. The van der Waals surface area contributed by atoms with Crippen molar-refractivity contribution in [1.29, 1.82) is 0 Å². The number of aryl methyl sites for hydroxylation is 2. The number of nitrogens with zero attached hydrogens (tertiary/aromatic N) is 2. The lowest BCUT2D eigenvalue weighted by Gasteiger charge is -2.02. The first-order valence-electron chi connectivity index (χ1n) is 4.87. The second-order valence-corrected chi connectivity index (χ2v) is 4.41. The molecule has 0 atom stereocenters. The molecular weight excluding hydrogens is 240 g/mol. The van der Waals surface area contributed by atoms with Crippen LogP contribution in [0.5, 0.6) is 0 Å². The predicted octanol–water partition coefficient (Wildman–Crippen LogP) is 2.54. The SMILES string of the molecule is Cc1nc(Sc2ccoc2C)ncc1C(=O)O. The van der Waals surface area contributed by atoms with Crippen LogP contribution in [0.4, 0.5) is 0 Å². The molecule has 6 heteroatoms. The molecule has 2 rings (SSSR count). The van der Waals surface area contributed by atoms with Crippen molar-refractivity contribution in [1.82, 2.24) is 9.97 Å². The average molecular weight is 250 g/mol. The van der Waals surface area contributed by atoms with E-state index in [0.29, 0.717) is 10.9 Å². The third kappa shape index (κ3) is 2.47. The van der Waals surface area contributed by atoms with Crippen molar-refractivity contribution in [2.75, 3.05) is 0 Å². The summed E-state index contributed by atoms with van der Waals surface area (Å²) < 4.78 is 5.16. The van der Waals surface area contributed by atoms with Crippen LogP contribution in [0.15, 0.2) is 33.0 Å². The van der Waals surface area contributed by atoms with Gasteiger partial charge in [0.2, 0.25) is 0 Å². The summed E-state index contributed by atoms with van der Waals surface area (Å²) in [6, 6.07) is 1.82. The predicted molar refractivity (Wildman–Crippen MR) is 61.3 cm³/mol. The van der Waals surface area contributed by atoms with Crippen LogP contribution in [-0.4, -0.2) is 21.0 Å². The van der Waals surface area contributed by atoms with E-state index in [2.05, 4.69) is 9.97 Å². The maximum Gasteiger partial charge on any atom is 0.339 e. The molecule has 0 aromatic carbocycles. The first kappa shape index (κ1) is 11.7. The van der Waals surface area contributed by atoms with Crippen molar-refractivity contribution in [3.05, 3.63) is 35.5 Å². The van der Waals surface area contributed by atoms with E-state index in [9.17, 15) is 4.79 Å². The Kier molecular flexibility index (Phi) is 3.14.